The first kappa shape index (κ1) is 21.8. The van der Waals surface area contributed by atoms with Crippen molar-refractivity contribution in [3.8, 4) is 0 Å². The van der Waals surface area contributed by atoms with Crippen molar-refractivity contribution in [1.82, 2.24) is 4.90 Å². The molecule has 0 bridgehead atoms. The number of anilines is 1. The van der Waals surface area contributed by atoms with E-state index >= 15 is 0 Å². The zero-order valence-electron chi connectivity index (χ0n) is 15.4. The topological polar surface area (TPSA) is 23.6 Å². The van der Waals surface area contributed by atoms with Gasteiger partial charge in [0, 0.05) is 42.6 Å². The first-order chi connectivity index (χ1) is 13.7. The standard InChI is InChI=1S/C20H19ClF4N2OS/c21-16-5-4-14(18(22)11-16)12-29-13-19(28)27-8-6-26(7-9-27)17-3-1-2-15(10-17)20(23,24)25/h1-5,10-11H,6-9,12-13H2. The lowest BCUT2D eigenvalue weighted by molar-refractivity contribution is -0.137. The Kier molecular flexibility index (Phi) is 6.95. The SMILES string of the molecule is O=C(CSCc1ccc(Cl)cc1F)N1CCN(c2cccc(C(F)(F)F)c2)CC1. The first-order valence-electron chi connectivity index (χ1n) is 8.96. The molecule has 0 aromatic heterocycles. The summed E-state index contributed by atoms with van der Waals surface area (Å²) in [6, 6.07) is 9.66. The van der Waals surface area contributed by atoms with E-state index in [0.29, 0.717) is 48.2 Å². The molecular weight excluding hydrogens is 428 g/mol. The molecule has 0 N–H and O–H groups in total. The Morgan fingerprint density at radius 1 is 1.07 bits per heavy atom. The van der Waals surface area contributed by atoms with E-state index in [1.54, 1.807) is 23.1 Å². The number of rotatable bonds is 5. The van der Waals surface area contributed by atoms with E-state index in [9.17, 15) is 22.4 Å². The van der Waals surface area contributed by atoms with Crippen LogP contribution in [0.2, 0.25) is 5.02 Å². The lowest BCUT2D eigenvalue weighted by Gasteiger charge is -2.36. The Bertz CT molecular complexity index is 870. The van der Waals surface area contributed by atoms with E-state index in [2.05, 4.69) is 0 Å². The van der Waals surface area contributed by atoms with Gasteiger partial charge in [0.1, 0.15) is 5.82 Å². The number of carbonyl (C=O) groups is 1. The first-order valence-corrected chi connectivity index (χ1v) is 10.5. The van der Waals surface area contributed by atoms with Crippen LogP contribution < -0.4 is 4.90 Å². The van der Waals surface area contributed by atoms with Gasteiger partial charge in [0.2, 0.25) is 5.91 Å². The monoisotopic (exact) mass is 446 g/mol. The highest BCUT2D eigenvalue weighted by atomic mass is 35.5. The predicted octanol–water partition coefficient (Wildman–Crippen LogP) is 5.08. The molecule has 2 aromatic rings. The van der Waals surface area contributed by atoms with Crippen molar-refractivity contribution in [3.63, 3.8) is 0 Å². The number of hydrogen-bond acceptors (Lipinski definition) is 3. The van der Waals surface area contributed by atoms with Crippen molar-refractivity contribution in [2.75, 3.05) is 36.8 Å². The number of alkyl halides is 3. The van der Waals surface area contributed by atoms with E-state index in [-0.39, 0.29) is 11.7 Å². The number of halogens is 5. The molecule has 0 saturated carbocycles. The van der Waals surface area contributed by atoms with Crippen LogP contribution in [0, 0.1) is 5.82 Å². The fourth-order valence-corrected chi connectivity index (χ4v) is 4.14. The van der Waals surface area contributed by atoms with Gasteiger partial charge < -0.3 is 9.80 Å². The molecule has 1 amide bonds. The molecule has 1 heterocycles. The Hall–Kier alpha value is -1.93. The molecule has 0 atom stereocenters. The highest BCUT2D eigenvalue weighted by molar-refractivity contribution is 7.99. The summed E-state index contributed by atoms with van der Waals surface area (Å²) >= 11 is 7.04. The number of piperazine rings is 1. The van der Waals surface area contributed by atoms with Crippen molar-refractivity contribution in [2.24, 2.45) is 0 Å². The second-order valence-corrected chi connectivity index (χ2v) is 8.07. The van der Waals surface area contributed by atoms with E-state index in [4.69, 9.17) is 11.6 Å². The smallest absolute Gasteiger partial charge is 0.368 e. The minimum absolute atomic E-state index is 0.0620. The predicted molar refractivity (Wildman–Crippen MR) is 108 cm³/mol. The van der Waals surface area contributed by atoms with Gasteiger partial charge >= 0.3 is 6.18 Å². The van der Waals surface area contributed by atoms with Gasteiger partial charge in [-0.2, -0.15) is 13.2 Å². The molecule has 0 unspecified atom stereocenters. The third-order valence-corrected chi connectivity index (χ3v) is 5.87. The molecule has 156 valence electrons. The maximum atomic E-state index is 13.8. The van der Waals surface area contributed by atoms with Gasteiger partial charge in [0.25, 0.3) is 0 Å². The largest absolute Gasteiger partial charge is 0.416 e. The molecule has 1 aliphatic rings. The van der Waals surface area contributed by atoms with Crippen molar-refractivity contribution < 1.29 is 22.4 Å². The summed E-state index contributed by atoms with van der Waals surface area (Å²) in [5.41, 5.74) is 0.306. The Morgan fingerprint density at radius 2 is 1.79 bits per heavy atom. The highest BCUT2D eigenvalue weighted by Gasteiger charge is 2.31. The third-order valence-electron chi connectivity index (χ3n) is 4.67. The molecule has 2 aromatic carbocycles. The Morgan fingerprint density at radius 3 is 2.45 bits per heavy atom. The Balaban J connectivity index is 1.48. The fourth-order valence-electron chi connectivity index (χ4n) is 3.07. The molecule has 1 fully saturated rings. The molecule has 1 aliphatic heterocycles. The average molecular weight is 447 g/mol. The molecular formula is C20H19ClF4N2OS. The van der Waals surface area contributed by atoms with Gasteiger partial charge in [-0.25, -0.2) is 4.39 Å². The minimum atomic E-state index is -4.38. The number of carbonyl (C=O) groups excluding carboxylic acids is 1. The quantitative estimate of drug-likeness (QED) is 0.598. The number of benzene rings is 2. The molecule has 0 radical (unpaired) electrons. The van der Waals surface area contributed by atoms with Gasteiger partial charge in [-0.1, -0.05) is 23.7 Å². The molecule has 3 rings (SSSR count). The van der Waals surface area contributed by atoms with Crippen LogP contribution in [0.1, 0.15) is 11.1 Å². The zero-order chi connectivity index (χ0) is 21.0. The second-order valence-electron chi connectivity index (χ2n) is 6.64. The minimum Gasteiger partial charge on any atom is -0.368 e. The maximum absolute atomic E-state index is 13.8. The summed E-state index contributed by atoms with van der Waals surface area (Å²) in [6.07, 6.45) is -4.38. The molecule has 9 heteroatoms. The van der Waals surface area contributed by atoms with Gasteiger partial charge in [-0.05, 0) is 35.9 Å². The van der Waals surface area contributed by atoms with Crippen LogP contribution >= 0.6 is 23.4 Å². The summed E-state index contributed by atoms with van der Waals surface area (Å²) < 4.78 is 52.4. The number of hydrogen-bond donors (Lipinski definition) is 0. The van der Waals surface area contributed by atoms with Crippen LogP contribution in [0.3, 0.4) is 0 Å². The molecule has 1 saturated heterocycles. The Labute approximate surface area is 175 Å². The zero-order valence-corrected chi connectivity index (χ0v) is 17.0. The van der Waals surface area contributed by atoms with Crippen molar-refractivity contribution in [2.45, 2.75) is 11.9 Å². The van der Waals surface area contributed by atoms with Crippen LogP contribution in [0.4, 0.5) is 23.2 Å². The molecule has 0 spiro atoms. The highest BCUT2D eigenvalue weighted by Crippen LogP contribution is 2.32. The van der Waals surface area contributed by atoms with Gasteiger partial charge in [0.05, 0.1) is 11.3 Å². The molecule has 29 heavy (non-hydrogen) atoms. The van der Waals surface area contributed by atoms with E-state index in [1.165, 1.54) is 23.9 Å². The van der Waals surface area contributed by atoms with Crippen LogP contribution in [0.25, 0.3) is 0 Å². The summed E-state index contributed by atoms with van der Waals surface area (Å²) in [7, 11) is 0. The van der Waals surface area contributed by atoms with E-state index in [0.717, 1.165) is 12.1 Å². The van der Waals surface area contributed by atoms with Crippen LogP contribution in [0.5, 0.6) is 0 Å². The van der Waals surface area contributed by atoms with Crippen LogP contribution in [0.15, 0.2) is 42.5 Å². The normalized spacial score (nSPS) is 14.9. The van der Waals surface area contributed by atoms with Gasteiger partial charge in [0.15, 0.2) is 0 Å². The lowest BCUT2D eigenvalue weighted by Crippen LogP contribution is -2.49. The van der Waals surface area contributed by atoms with Crippen LogP contribution in [-0.4, -0.2) is 42.7 Å². The van der Waals surface area contributed by atoms with Crippen LogP contribution in [-0.2, 0) is 16.7 Å². The fraction of sp³-hybridized carbons (Fsp3) is 0.350. The summed E-state index contributed by atoms with van der Waals surface area (Å²) in [5.74, 6) is 0.116. The maximum Gasteiger partial charge on any atom is 0.416 e. The van der Waals surface area contributed by atoms with Crippen molar-refractivity contribution in [1.29, 1.82) is 0 Å². The third kappa shape index (κ3) is 5.79. The lowest BCUT2D eigenvalue weighted by atomic mass is 10.1. The van der Waals surface area contributed by atoms with Crippen molar-refractivity contribution >= 4 is 35.0 Å². The van der Waals surface area contributed by atoms with Gasteiger partial charge in [-0.3, -0.25) is 4.79 Å². The average Bonchev–Trinajstić information content (AvgIpc) is 2.69. The number of amides is 1. The van der Waals surface area contributed by atoms with Crippen molar-refractivity contribution in [3.05, 3.63) is 64.4 Å². The van der Waals surface area contributed by atoms with E-state index in [1.807, 2.05) is 4.90 Å². The molecule has 3 nitrogen and oxygen atoms in total. The summed E-state index contributed by atoms with van der Waals surface area (Å²) in [6.45, 7) is 1.79. The second kappa shape index (κ2) is 9.26. The number of nitrogens with zero attached hydrogens (tertiary/aromatic N) is 2. The number of thioether (sulfide) groups is 1. The molecule has 0 aliphatic carbocycles. The van der Waals surface area contributed by atoms with Gasteiger partial charge in [-0.15, -0.1) is 11.8 Å². The summed E-state index contributed by atoms with van der Waals surface area (Å²) in [4.78, 5) is 15.9. The summed E-state index contributed by atoms with van der Waals surface area (Å²) in [5, 5.41) is 0.325. The van der Waals surface area contributed by atoms with E-state index < -0.39 is 17.6 Å².